The molecule has 2 aromatic rings. The quantitative estimate of drug-likeness (QED) is 0.222. The molecule has 2 aliphatic heterocycles. The number of hydrogen-bond acceptors (Lipinski definition) is 9. The minimum Gasteiger partial charge on any atom is -0.481 e. The third-order valence-electron chi connectivity index (χ3n) is 7.24. The maximum Gasteiger partial charge on any atom is 0.407 e. The molecule has 0 radical (unpaired) electrons. The number of piperazine rings is 1. The molecule has 16 nitrogen and oxygen atoms in total. The molecule has 4 rings (SSSR count). The number of carbonyl (C=O) groups is 5. The number of nitrogens with zero attached hydrogens (tertiary/aromatic N) is 5. The number of aliphatic hydroxyl groups excluding tert-OH is 2. The van der Waals surface area contributed by atoms with Gasteiger partial charge in [0, 0.05) is 51.8 Å². The highest BCUT2D eigenvalue weighted by molar-refractivity contribution is 5.96. The first kappa shape index (κ1) is 31.2. The van der Waals surface area contributed by atoms with Crippen LogP contribution in [0.5, 0.6) is 5.88 Å². The van der Waals surface area contributed by atoms with Crippen LogP contribution in [0.4, 0.5) is 4.79 Å². The Bertz CT molecular complexity index is 1330. The minimum absolute atomic E-state index is 0.0238. The van der Waals surface area contributed by atoms with Gasteiger partial charge in [-0.3, -0.25) is 19.2 Å². The van der Waals surface area contributed by atoms with Crippen LogP contribution in [-0.2, 0) is 14.4 Å². The largest absolute Gasteiger partial charge is 0.481 e. The lowest BCUT2D eigenvalue weighted by Crippen LogP contribution is -2.55. The second-order valence-corrected chi connectivity index (χ2v) is 10.3. The summed E-state index contributed by atoms with van der Waals surface area (Å²) in [5, 5.41) is 44.9. The number of aliphatic carboxylic acids is 1. The topological polar surface area (TPSA) is 215 Å². The second kappa shape index (κ2) is 13.5. The van der Waals surface area contributed by atoms with Gasteiger partial charge in [0.25, 0.3) is 11.8 Å². The molecule has 0 spiro atoms. The fourth-order valence-electron chi connectivity index (χ4n) is 4.85. The van der Waals surface area contributed by atoms with Crippen molar-refractivity contribution >= 4 is 29.8 Å². The number of β-amino-alcohol motifs (C(OH)–C–C–N with tert-alkyl or cyclic N) is 2. The summed E-state index contributed by atoms with van der Waals surface area (Å²) in [7, 11) is 0. The molecule has 2 fully saturated rings. The lowest BCUT2D eigenvalue weighted by molar-refractivity contribution is -0.139. The number of carboxylic acids is 1. The number of carboxylic acid groups (broad SMARTS) is 2. The Kier molecular flexibility index (Phi) is 9.82. The number of aromatic nitrogens is 2. The molecule has 2 aliphatic rings. The summed E-state index contributed by atoms with van der Waals surface area (Å²) in [6.45, 7) is 1.69. The molecule has 2 saturated heterocycles. The van der Waals surface area contributed by atoms with Gasteiger partial charge in [-0.1, -0.05) is 18.2 Å². The first-order valence-electron chi connectivity index (χ1n) is 13.7. The van der Waals surface area contributed by atoms with Crippen LogP contribution >= 0.6 is 0 Å². The van der Waals surface area contributed by atoms with E-state index in [1.165, 1.54) is 27.5 Å². The summed E-state index contributed by atoms with van der Waals surface area (Å²) >= 11 is 0. The number of likely N-dealkylation sites (tertiary alicyclic amines) is 1. The molecule has 3 heterocycles. The molecule has 4 atom stereocenters. The van der Waals surface area contributed by atoms with E-state index in [-0.39, 0.29) is 57.3 Å². The van der Waals surface area contributed by atoms with Crippen molar-refractivity contribution in [2.24, 2.45) is 0 Å². The molecule has 1 aromatic carbocycles. The van der Waals surface area contributed by atoms with Crippen LogP contribution in [0.15, 0.2) is 36.4 Å². The zero-order valence-electron chi connectivity index (χ0n) is 23.4. The number of para-hydroxylation sites is 1. The number of hydrogen-bond donors (Lipinski definition) is 5. The standard InChI is InChI=1S/C27H34N6O10/c1-16(25(39)32-14-20(34)21(35)15-32)43-22-13-19(29-33(22)17-5-3-2-4-6-17)24(38)28-18(7-8-23(36)37)26(40)30-9-11-31(12-10-30)27(41)42/h2-6,13,16,18,20-21,34-35H,7-12,14-15H2,1H3,(H,28,38)(H,36,37)(H,41,42)/t16?,18-,20-,21-/m0/s1. The maximum atomic E-state index is 13.3. The van der Waals surface area contributed by atoms with Crippen LogP contribution in [0.25, 0.3) is 5.69 Å². The number of nitrogens with one attached hydrogen (secondary N) is 1. The number of aliphatic hydroxyl groups is 2. The third kappa shape index (κ3) is 7.58. The van der Waals surface area contributed by atoms with Crippen molar-refractivity contribution in [1.82, 2.24) is 29.8 Å². The van der Waals surface area contributed by atoms with Crippen molar-refractivity contribution in [2.45, 2.75) is 44.1 Å². The van der Waals surface area contributed by atoms with Gasteiger partial charge >= 0.3 is 12.1 Å². The number of ether oxygens (including phenoxy) is 1. The molecule has 0 aliphatic carbocycles. The van der Waals surface area contributed by atoms with E-state index in [0.29, 0.717) is 5.69 Å². The van der Waals surface area contributed by atoms with Crippen molar-refractivity contribution in [3.05, 3.63) is 42.1 Å². The lowest BCUT2D eigenvalue weighted by atomic mass is 10.1. The average molecular weight is 603 g/mol. The van der Waals surface area contributed by atoms with Crippen LogP contribution < -0.4 is 10.1 Å². The summed E-state index contributed by atoms with van der Waals surface area (Å²) < 4.78 is 7.19. The number of amides is 4. The fourth-order valence-corrected chi connectivity index (χ4v) is 4.85. The van der Waals surface area contributed by atoms with E-state index in [0.717, 1.165) is 4.90 Å². The molecule has 1 aromatic heterocycles. The molecule has 4 amide bonds. The van der Waals surface area contributed by atoms with Gasteiger partial charge in [0.05, 0.1) is 17.9 Å². The van der Waals surface area contributed by atoms with Gasteiger partial charge in [-0.05, 0) is 25.5 Å². The van der Waals surface area contributed by atoms with Gasteiger partial charge in [-0.15, -0.1) is 0 Å². The third-order valence-corrected chi connectivity index (χ3v) is 7.24. The van der Waals surface area contributed by atoms with E-state index in [1.54, 1.807) is 30.3 Å². The summed E-state index contributed by atoms with van der Waals surface area (Å²) in [6, 6.07) is 8.67. The van der Waals surface area contributed by atoms with E-state index in [4.69, 9.17) is 4.74 Å². The zero-order chi connectivity index (χ0) is 31.3. The van der Waals surface area contributed by atoms with E-state index in [9.17, 15) is 44.4 Å². The van der Waals surface area contributed by atoms with Gasteiger partial charge in [-0.25, -0.2) is 9.48 Å². The molecule has 5 N–H and O–H groups in total. The highest BCUT2D eigenvalue weighted by Gasteiger charge is 2.36. The van der Waals surface area contributed by atoms with Gasteiger partial charge in [0.2, 0.25) is 11.8 Å². The second-order valence-electron chi connectivity index (χ2n) is 10.3. The van der Waals surface area contributed by atoms with Crippen molar-refractivity contribution in [1.29, 1.82) is 0 Å². The van der Waals surface area contributed by atoms with E-state index in [1.807, 2.05) is 0 Å². The average Bonchev–Trinajstić information content (AvgIpc) is 3.57. The smallest absolute Gasteiger partial charge is 0.407 e. The van der Waals surface area contributed by atoms with Crippen molar-refractivity contribution < 1.29 is 49.1 Å². The van der Waals surface area contributed by atoms with Gasteiger partial charge in [-0.2, -0.15) is 5.10 Å². The summed E-state index contributed by atoms with van der Waals surface area (Å²) in [4.78, 5) is 65.8. The van der Waals surface area contributed by atoms with Gasteiger partial charge in [0.15, 0.2) is 11.8 Å². The van der Waals surface area contributed by atoms with Crippen LogP contribution in [-0.4, -0.2) is 138 Å². The molecule has 16 heteroatoms. The van der Waals surface area contributed by atoms with Gasteiger partial charge in [0.1, 0.15) is 6.04 Å². The predicted molar refractivity (Wildman–Crippen MR) is 147 cm³/mol. The van der Waals surface area contributed by atoms with E-state index >= 15 is 0 Å². The molecule has 1 unspecified atom stereocenters. The van der Waals surface area contributed by atoms with Crippen LogP contribution in [0.1, 0.15) is 30.3 Å². The summed E-state index contributed by atoms with van der Waals surface area (Å²) in [5.41, 5.74) is 0.326. The van der Waals surface area contributed by atoms with Gasteiger partial charge < -0.3 is 45.2 Å². The molecule has 0 bridgehead atoms. The number of benzene rings is 1. The van der Waals surface area contributed by atoms with Crippen molar-refractivity contribution in [2.75, 3.05) is 39.3 Å². The van der Waals surface area contributed by atoms with E-state index in [2.05, 4.69) is 10.4 Å². The summed E-state index contributed by atoms with van der Waals surface area (Å²) in [6.07, 6.45) is -4.94. The Balaban J connectivity index is 1.53. The van der Waals surface area contributed by atoms with Crippen LogP contribution in [0.2, 0.25) is 0 Å². The Morgan fingerprint density at radius 3 is 2.12 bits per heavy atom. The SMILES string of the molecule is CC(Oc1cc(C(=O)N[C@@H](CCC(=O)O)C(=O)N2CCN(C(=O)O)CC2)nn1-c1ccccc1)C(=O)N1C[C@H](O)[C@@H](O)C1. The molecule has 232 valence electrons. The Labute approximate surface area is 246 Å². The number of carbonyl (C=O) groups excluding carboxylic acids is 3. The first-order chi connectivity index (χ1) is 20.4. The normalized spacial score (nSPS) is 19.9. The van der Waals surface area contributed by atoms with E-state index < -0.39 is 60.6 Å². The molecule has 0 saturated carbocycles. The van der Waals surface area contributed by atoms with Crippen LogP contribution in [0, 0.1) is 0 Å². The zero-order valence-corrected chi connectivity index (χ0v) is 23.4. The molecular weight excluding hydrogens is 568 g/mol. The fraction of sp³-hybridized carbons (Fsp3) is 0.481. The highest BCUT2D eigenvalue weighted by atomic mass is 16.5. The summed E-state index contributed by atoms with van der Waals surface area (Å²) in [5.74, 6) is -2.98. The molecular formula is C27H34N6O10. The van der Waals surface area contributed by atoms with Crippen LogP contribution in [0.3, 0.4) is 0 Å². The monoisotopic (exact) mass is 602 g/mol. The first-order valence-corrected chi connectivity index (χ1v) is 13.7. The Morgan fingerprint density at radius 1 is 0.930 bits per heavy atom. The molecule has 43 heavy (non-hydrogen) atoms. The number of rotatable bonds is 10. The minimum atomic E-state index is -1.22. The van der Waals surface area contributed by atoms with Crippen molar-refractivity contribution in [3.8, 4) is 11.6 Å². The van der Waals surface area contributed by atoms with Crippen molar-refractivity contribution in [3.63, 3.8) is 0 Å². The Hall–Kier alpha value is -4.70. The highest BCUT2D eigenvalue weighted by Crippen LogP contribution is 2.22. The lowest BCUT2D eigenvalue weighted by Gasteiger charge is -2.35. The maximum absolute atomic E-state index is 13.3. The predicted octanol–water partition coefficient (Wildman–Crippen LogP) is -1.01. The Morgan fingerprint density at radius 2 is 1.53 bits per heavy atom.